The van der Waals surface area contributed by atoms with Crippen LogP contribution in [-0.4, -0.2) is 19.1 Å². The number of fused-ring (bicyclic) bond motifs is 14. The monoisotopic (exact) mass is 868 g/mol. The summed E-state index contributed by atoms with van der Waals surface area (Å²) >= 11 is 1.83. The molecule has 0 saturated heterocycles. The molecule has 0 radical (unpaired) electrons. The Balaban J connectivity index is 0.999. The van der Waals surface area contributed by atoms with Crippen molar-refractivity contribution >= 4 is 118 Å². The first kappa shape index (κ1) is 36.7. The van der Waals surface area contributed by atoms with Gasteiger partial charge >= 0.3 is 0 Å². The van der Waals surface area contributed by atoms with E-state index in [-0.39, 0.29) is 0 Å². The van der Waals surface area contributed by atoms with Crippen molar-refractivity contribution in [1.29, 1.82) is 0 Å². The van der Waals surface area contributed by atoms with Crippen LogP contribution in [0.1, 0.15) is 0 Å². The molecule has 310 valence electrons. The van der Waals surface area contributed by atoms with Gasteiger partial charge in [-0.15, -0.1) is 11.3 Å². The van der Waals surface area contributed by atoms with Crippen molar-refractivity contribution in [2.24, 2.45) is 0 Å². The topological polar surface area (TPSA) is 35.6 Å². The fraction of sp³-hybridized carbons (Fsp3) is 0. The van der Waals surface area contributed by atoms with Crippen molar-refractivity contribution in [2.75, 3.05) is 0 Å². The Morgan fingerprint density at radius 1 is 0.299 bits per heavy atom. The average molecular weight is 869 g/mol. The summed E-state index contributed by atoms with van der Waals surface area (Å²) in [5.74, 6) is 0. The van der Waals surface area contributed by atoms with Gasteiger partial charge in [0.05, 0.1) is 55.9 Å². The highest BCUT2D eigenvalue weighted by Crippen LogP contribution is 2.45. The fourth-order valence-corrected chi connectivity index (χ4v) is 12.4. The zero-order valence-electron chi connectivity index (χ0n) is 36.0. The number of thiophene rings is 1. The van der Waals surface area contributed by atoms with Crippen LogP contribution in [0.5, 0.6) is 0 Å². The van der Waals surface area contributed by atoms with Gasteiger partial charge in [-0.1, -0.05) is 152 Å². The standard InChI is InChI=1S/C62H36N4S/c1-2-17-39-37(15-1)33-34-55-59(39)44-19-4-9-28-53(44)65(55)54-29-11-16-38-35-48-42-18-3-8-27-51(42)66(56(48)36-47(38)54)52-30-13-21-40-41(52)22-12-23-43(40)61-62(64-50-26-7-6-25-49(50)63-61)46-24-14-32-58-60(46)45-20-5-10-31-57(45)67-58/h1-36H. The van der Waals surface area contributed by atoms with Crippen LogP contribution in [0.15, 0.2) is 218 Å². The molecule has 0 aliphatic heterocycles. The van der Waals surface area contributed by atoms with E-state index in [1.54, 1.807) is 0 Å². The van der Waals surface area contributed by atoms with E-state index in [1.165, 1.54) is 74.3 Å². The maximum atomic E-state index is 5.50. The van der Waals surface area contributed by atoms with Crippen LogP contribution < -0.4 is 0 Å². The van der Waals surface area contributed by atoms with E-state index in [4.69, 9.17) is 9.97 Å². The molecule has 0 amide bonds. The van der Waals surface area contributed by atoms with E-state index < -0.39 is 0 Å². The Hall–Kier alpha value is -8.64. The Morgan fingerprint density at radius 2 is 0.866 bits per heavy atom. The second-order valence-electron chi connectivity index (χ2n) is 17.6. The number of aromatic nitrogens is 4. The molecular weight excluding hydrogens is 833 g/mol. The molecule has 67 heavy (non-hydrogen) atoms. The Labute approximate surface area is 387 Å². The lowest BCUT2D eigenvalue weighted by atomic mass is 9.95. The highest BCUT2D eigenvalue weighted by Gasteiger charge is 2.23. The largest absolute Gasteiger partial charge is 0.309 e. The zero-order valence-corrected chi connectivity index (χ0v) is 36.8. The van der Waals surface area contributed by atoms with Crippen LogP contribution in [0.25, 0.3) is 141 Å². The number of benzene rings is 11. The molecule has 0 bridgehead atoms. The van der Waals surface area contributed by atoms with E-state index in [2.05, 4.69) is 221 Å². The van der Waals surface area contributed by atoms with E-state index in [9.17, 15) is 0 Å². The summed E-state index contributed by atoms with van der Waals surface area (Å²) in [7, 11) is 0. The zero-order chi connectivity index (χ0) is 43.7. The molecule has 4 nitrogen and oxygen atoms in total. The van der Waals surface area contributed by atoms with Crippen molar-refractivity contribution in [3.8, 4) is 33.9 Å². The van der Waals surface area contributed by atoms with Gasteiger partial charge in [-0.2, -0.15) is 0 Å². The molecule has 15 rings (SSSR count). The summed E-state index contributed by atoms with van der Waals surface area (Å²) in [6.45, 7) is 0. The van der Waals surface area contributed by atoms with Gasteiger partial charge < -0.3 is 9.13 Å². The molecule has 0 aliphatic rings. The van der Waals surface area contributed by atoms with Crippen molar-refractivity contribution in [1.82, 2.24) is 19.1 Å². The minimum Gasteiger partial charge on any atom is -0.309 e. The minimum atomic E-state index is 0.873. The van der Waals surface area contributed by atoms with Gasteiger partial charge in [0.2, 0.25) is 0 Å². The molecule has 0 spiro atoms. The number of hydrogen-bond acceptors (Lipinski definition) is 3. The van der Waals surface area contributed by atoms with Crippen molar-refractivity contribution in [3.05, 3.63) is 218 Å². The van der Waals surface area contributed by atoms with Gasteiger partial charge in [0.25, 0.3) is 0 Å². The minimum absolute atomic E-state index is 0.873. The second-order valence-corrected chi connectivity index (χ2v) is 18.7. The molecule has 11 aromatic carbocycles. The summed E-state index contributed by atoms with van der Waals surface area (Å²) in [5.41, 5.74) is 12.7. The molecule has 0 N–H and O–H groups in total. The molecule has 4 heterocycles. The van der Waals surface area contributed by atoms with Crippen LogP contribution in [0.2, 0.25) is 0 Å². The van der Waals surface area contributed by atoms with Gasteiger partial charge in [0.1, 0.15) is 0 Å². The lowest BCUT2D eigenvalue weighted by Crippen LogP contribution is -1.99. The quantitative estimate of drug-likeness (QED) is 0.177. The van der Waals surface area contributed by atoms with Gasteiger partial charge in [0.15, 0.2) is 0 Å². The molecule has 0 atom stereocenters. The third kappa shape index (κ3) is 5.23. The second kappa shape index (κ2) is 13.9. The van der Waals surface area contributed by atoms with Crippen LogP contribution in [0.3, 0.4) is 0 Å². The number of para-hydroxylation sites is 4. The molecule has 0 aliphatic carbocycles. The molecule has 0 saturated carbocycles. The Morgan fingerprint density at radius 3 is 1.72 bits per heavy atom. The first-order chi connectivity index (χ1) is 33.2. The van der Waals surface area contributed by atoms with E-state index in [1.807, 2.05) is 17.4 Å². The summed E-state index contributed by atoms with van der Waals surface area (Å²) in [5, 5.41) is 14.6. The third-order valence-electron chi connectivity index (χ3n) is 14.1. The highest BCUT2D eigenvalue weighted by molar-refractivity contribution is 7.25. The Kier molecular flexibility index (Phi) is 7.63. The summed E-state index contributed by atoms with van der Waals surface area (Å²) in [6.07, 6.45) is 0. The number of hydrogen-bond donors (Lipinski definition) is 0. The Bertz CT molecular complexity index is 4590. The van der Waals surface area contributed by atoms with Crippen LogP contribution in [-0.2, 0) is 0 Å². The van der Waals surface area contributed by atoms with E-state index >= 15 is 0 Å². The molecule has 5 heteroatoms. The van der Waals surface area contributed by atoms with Crippen molar-refractivity contribution < 1.29 is 0 Å². The lowest BCUT2D eigenvalue weighted by molar-refractivity contribution is 1.19. The number of nitrogens with zero attached hydrogens (tertiary/aromatic N) is 4. The first-order valence-electron chi connectivity index (χ1n) is 22.8. The molecule has 0 fully saturated rings. The van der Waals surface area contributed by atoms with E-state index in [0.29, 0.717) is 0 Å². The predicted octanol–water partition coefficient (Wildman–Crippen LogP) is 17.0. The van der Waals surface area contributed by atoms with Gasteiger partial charge in [-0.25, -0.2) is 9.97 Å². The summed E-state index contributed by atoms with van der Waals surface area (Å²) in [4.78, 5) is 11.0. The van der Waals surface area contributed by atoms with Crippen molar-refractivity contribution in [3.63, 3.8) is 0 Å². The van der Waals surface area contributed by atoms with Gasteiger partial charge in [-0.05, 0) is 88.3 Å². The van der Waals surface area contributed by atoms with Crippen LogP contribution >= 0.6 is 11.3 Å². The van der Waals surface area contributed by atoms with Crippen LogP contribution in [0, 0.1) is 0 Å². The molecular formula is C62H36N4S. The fourth-order valence-electron chi connectivity index (χ4n) is 11.2. The molecule has 4 aromatic heterocycles. The predicted molar refractivity (Wildman–Crippen MR) is 284 cm³/mol. The maximum absolute atomic E-state index is 5.50. The van der Waals surface area contributed by atoms with Gasteiger partial charge in [-0.3, -0.25) is 0 Å². The molecule has 15 aromatic rings. The smallest absolute Gasteiger partial charge is 0.0980 e. The SMILES string of the molecule is c1cc(-n2c3ccccc3c3c4ccccc4ccc32)c2cc3c(cc2c1)c1ccccc1n3-c1cccc2c(-c3nc4ccccc4nc3-c3cccc4sc5ccccc5c34)cccc12. The van der Waals surface area contributed by atoms with Crippen LogP contribution in [0.4, 0.5) is 0 Å². The maximum Gasteiger partial charge on any atom is 0.0980 e. The van der Waals surface area contributed by atoms with Gasteiger partial charge in [0, 0.05) is 63.6 Å². The highest BCUT2D eigenvalue weighted by atomic mass is 32.1. The number of rotatable bonds is 4. The summed E-state index contributed by atoms with van der Waals surface area (Å²) in [6, 6.07) is 79.6. The van der Waals surface area contributed by atoms with Crippen molar-refractivity contribution in [2.45, 2.75) is 0 Å². The third-order valence-corrected chi connectivity index (χ3v) is 15.2. The summed E-state index contributed by atoms with van der Waals surface area (Å²) < 4.78 is 7.47. The van der Waals surface area contributed by atoms with E-state index in [0.717, 1.165) is 66.7 Å². The average Bonchev–Trinajstić information content (AvgIpc) is 4.05. The lowest BCUT2D eigenvalue weighted by Gasteiger charge is -2.17. The molecule has 0 unspecified atom stereocenters. The first-order valence-corrected chi connectivity index (χ1v) is 23.6. The normalized spacial score (nSPS) is 12.2.